The fourth-order valence-electron chi connectivity index (χ4n) is 0.927. The van der Waals surface area contributed by atoms with E-state index in [9.17, 15) is 0 Å². The minimum Gasteiger partial charge on any atom is -0.327 e. The first-order chi connectivity index (χ1) is 6.61. The van der Waals surface area contributed by atoms with Crippen LogP contribution in [0.15, 0.2) is 48.1 Å². The first-order valence-electron chi connectivity index (χ1n) is 4.95. The van der Waals surface area contributed by atoms with Gasteiger partial charge in [0.2, 0.25) is 0 Å². The summed E-state index contributed by atoms with van der Waals surface area (Å²) in [6.07, 6.45) is 8.02. The molecule has 14 heavy (non-hydrogen) atoms. The molecule has 0 aromatic heterocycles. The Morgan fingerprint density at radius 1 is 1.29 bits per heavy atom. The molecule has 0 aliphatic rings. The summed E-state index contributed by atoms with van der Waals surface area (Å²) in [6.45, 7) is 12.4. The Hall–Kier alpha value is -1.08. The van der Waals surface area contributed by atoms with Crippen LogP contribution in [0.25, 0.3) is 0 Å². The Kier molecular flexibility index (Phi) is 6.77. The Bertz CT molecular complexity index is 256. The van der Waals surface area contributed by atoms with Crippen LogP contribution in [0.5, 0.6) is 0 Å². The van der Waals surface area contributed by atoms with Crippen molar-refractivity contribution in [1.29, 1.82) is 0 Å². The summed E-state index contributed by atoms with van der Waals surface area (Å²) in [5.41, 5.74) is 9.06. The number of nitrogens with two attached hydrogens (primary N) is 1. The zero-order chi connectivity index (χ0) is 11.0. The first-order valence-corrected chi connectivity index (χ1v) is 4.95. The molecule has 78 valence electrons. The lowest BCUT2D eigenvalue weighted by molar-refractivity contribution is 0.992. The minimum absolute atomic E-state index is 0.614. The van der Waals surface area contributed by atoms with Gasteiger partial charge in [-0.25, -0.2) is 0 Å². The molecule has 1 heteroatoms. The van der Waals surface area contributed by atoms with E-state index < -0.39 is 0 Å². The molecule has 0 aliphatic carbocycles. The van der Waals surface area contributed by atoms with Crippen molar-refractivity contribution >= 4 is 0 Å². The van der Waals surface area contributed by atoms with E-state index in [0.29, 0.717) is 6.54 Å². The maximum atomic E-state index is 5.48. The van der Waals surface area contributed by atoms with Gasteiger partial charge in [-0.05, 0) is 32.3 Å². The van der Waals surface area contributed by atoms with Crippen LogP contribution in [-0.4, -0.2) is 6.54 Å². The highest BCUT2D eigenvalue weighted by Gasteiger charge is 1.94. The van der Waals surface area contributed by atoms with Gasteiger partial charge in [-0.3, -0.25) is 0 Å². The molecule has 1 nitrogen and oxygen atoms in total. The summed E-state index contributed by atoms with van der Waals surface area (Å²) in [4.78, 5) is 0. The Morgan fingerprint density at radius 2 is 1.93 bits per heavy atom. The minimum atomic E-state index is 0.614. The summed E-state index contributed by atoms with van der Waals surface area (Å²) in [6, 6.07) is 0. The van der Waals surface area contributed by atoms with E-state index in [2.05, 4.69) is 32.2 Å². The van der Waals surface area contributed by atoms with Crippen molar-refractivity contribution < 1.29 is 0 Å². The van der Waals surface area contributed by atoms with Crippen LogP contribution in [0.2, 0.25) is 0 Å². The van der Waals surface area contributed by atoms with E-state index in [-0.39, 0.29) is 0 Å². The third-order valence-electron chi connectivity index (χ3n) is 2.15. The third kappa shape index (κ3) is 5.55. The van der Waals surface area contributed by atoms with Crippen LogP contribution in [0, 0.1) is 0 Å². The van der Waals surface area contributed by atoms with Crippen molar-refractivity contribution in [2.45, 2.75) is 26.7 Å². The molecule has 0 aromatic carbocycles. The number of hydrogen-bond donors (Lipinski definition) is 1. The zero-order valence-electron chi connectivity index (χ0n) is 9.34. The quantitative estimate of drug-likeness (QED) is 0.505. The summed E-state index contributed by atoms with van der Waals surface area (Å²) in [5, 5.41) is 0. The molecule has 0 fully saturated rings. The largest absolute Gasteiger partial charge is 0.327 e. The lowest BCUT2D eigenvalue weighted by Crippen LogP contribution is -1.98. The van der Waals surface area contributed by atoms with Gasteiger partial charge in [-0.1, -0.05) is 36.0 Å². The van der Waals surface area contributed by atoms with E-state index in [1.54, 1.807) is 0 Å². The predicted molar refractivity (Wildman–Crippen MR) is 65.1 cm³/mol. The van der Waals surface area contributed by atoms with Gasteiger partial charge in [0.15, 0.2) is 0 Å². The smallest absolute Gasteiger partial charge is 0.0137 e. The number of allylic oxidation sites excluding steroid dienone is 5. The van der Waals surface area contributed by atoms with Gasteiger partial charge in [0.25, 0.3) is 0 Å². The van der Waals surface area contributed by atoms with Crippen LogP contribution < -0.4 is 5.73 Å². The monoisotopic (exact) mass is 191 g/mol. The molecular formula is C13H21N. The van der Waals surface area contributed by atoms with Crippen LogP contribution in [0.3, 0.4) is 0 Å². The lowest BCUT2D eigenvalue weighted by Gasteiger charge is -2.03. The Morgan fingerprint density at radius 3 is 2.43 bits per heavy atom. The van der Waals surface area contributed by atoms with Crippen molar-refractivity contribution in [2.75, 3.05) is 6.54 Å². The second-order valence-electron chi connectivity index (χ2n) is 3.50. The van der Waals surface area contributed by atoms with Crippen molar-refractivity contribution in [3.05, 3.63) is 48.1 Å². The Balaban J connectivity index is 4.23. The van der Waals surface area contributed by atoms with Gasteiger partial charge in [0.1, 0.15) is 0 Å². The van der Waals surface area contributed by atoms with Gasteiger partial charge in [0.05, 0.1) is 0 Å². The highest BCUT2D eigenvalue weighted by atomic mass is 14.5. The van der Waals surface area contributed by atoms with Crippen molar-refractivity contribution in [1.82, 2.24) is 0 Å². The van der Waals surface area contributed by atoms with Crippen molar-refractivity contribution in [3.63, 3.8) is 0 Å². The molecule has 0 saturated carbocycles. The van der Waals surface area contributed by atoms with E-state index in [0.717, 1.165) is 12.8 Å². The predicted octanol–water partition coefficient (Wildman–Crippen LogP) is 3.36. The summed E-state index contributed by atoms with van der Waals surface area (Å²) in [7, 11) is 0. The second kappa shape index (κ2) is 7.34. The van der Waals surface area contributed by atoms with E-state index >= 15 is 0 Å². The molecule has 0 aliphatic heterocycles. The highest BCUT2D eigenvalue weighted by molar-refractivity contribution is 5.30. The molecule has 0 amide bonds. The van der Waals surface area contributed by atoms with Crippen LogP contribution in [-0.2, 0) is 0 Å². The average molecular weight is 191 g/mol. The zero-order valence-corrected chi connectivity index (χ0v) is 9.34. The molecule has 0 heterocycles. The standard InChI is InChI=1S/C13H21N/c1-5-6-7-12(3)13(4)9-8-11(2)10-14/h5,8-9H,1,3,6-7,10,14H2,2,4H3/b11-8+,13-9-. The Labute approximate surface area is 87.7 Å². The molecule has 0 aromatic rings. The fraction of sp³-hybridized carbons (Fsp3) is 0.385. The summed E-state index contributed by atoms with van der Waals surface area (Å²) in [5.74, 6) is 0. The van der Waals surface area contributed by atoms with E-state index in [1.165, 1.54) is 16.7 Å². The highest BCUT2D eigenvalue weighted by Crippen LogP contribution is 2.13. The lowest BCUT2D eigenvalue weighted by atomic mass is 10.0. The number of hydrogen-bond acceptors (Lipinski definition) is 1. The first kappa shape index (κ1) is 12.9. The molecule has 0 rings (SSSR count). The van der Waals surface area contributed by atoms with Crippen LogP contribution in [0.1, 0.15) is 26.7 Å². The molecule has 2 N–H and O–H groups in total. The molecular weight excluding hydrogens is 170 g/mol. The molecule has 0 unspecified atom stereocenters. The van der Waals surface area contributed by atoms with E-state index in [1.807, 2.05) is 13.0 Å². The second-order valence-corrected chi connectivity index (χ2v) is 3.50. The maximum absolute atomic E-state index is 5.48. The molecule has 0 radical (unpaired) electrons. The van der Waals surface area contributed by atoms with Gasteiger partial charge in [0, 0.05) is 6.54 Å². The van der Waals surface area contributed by atoms with E-state index in [4.69, 9.17) is 5.73 Å². The summed E-state index contributed by atoms with van der Waals surface area (Å²) >= 11 is 0. The maximum Gasteiger partial charge on any atom is 0.0137 e. The van der Waals surface area contributed by atoms with Gasteiger partial charge >= 0.3 is 0 Å². The topological polar surface area (TPSA) is 26.0 Å². The van der Waals surface area contributed by atoms with Crippen LogP contribution >= 0.6 is 0 Å². The SMILES string of the molecule is C=CCCC(=C)/C(C)=C\C=C(/C)CN. The van der Waals surface area contributed by atoms with Gasteiger partial charge < -0.3 is 5.73 Å². The normalized spacial score (nSPS) is 12.8. The summed E-state index contributed by atoms with van der Waals surface area (Å²) < 4.78 is 0. The molecule has 0 spiro atoms. The molecule has 0 atom stereocenters. The van der Waals surface area contributed by atoms with Crippen molar-refractivity contribution in [2.24, 2.45) is 5.73 Å². The third-order valence-corrected chi connectivity index (χ3v) is 2.15. The van der Waals surface area contributed by atoms with Crippen molar-refractivity contribution in [3.8, 4) is 0 Å². The van der Waals surface area contributed by atoms with Gasteiger partial charge in [-0.15, -0.1) is 6.58 Å². The number of rotatable bonds is 6. The average Bonchev–Trinajstić information content (AvgIpc) is 2.21. The fourth-order valence-corrected chi connectivity index (χ4v) is 0.927. The molecule has 0 bridgehead atoms. The van der Waals surface area contributed by atoms with Crippen LogP contribution in [0.4, 0.5) is 0 Å². The molecule has 0 saturated heterocycles. The van der Waals surface area contributed by atoms with Gasteiger partial charge in [-0.2, -0.15) is 0 Å².